The molecule has 0 heterocycles. The number of aliphatic hydroxyl groups excluding tert-OH is 2. The second kappa shape index (κ2) is 18.2. The maximum absolute atomic E-state index is 13.0. The number of nitrogens with two attached hydrogens (primary N) is 1. The molecule has 0 unspecified atom stereocenters. The molecule has 3 aromatic carbocycles. The molecule has 0 aliphatic heterocycles. The number of hydrogen-bond acceptors (Lipinski definition) is 8. The first-order chi connectivity index (χ1) is 20.2. The summed E-state index contributed by atoms with van der Waals surface area (Å²) >= 11 is 0. The molecule has 3 aromatic rings. The van der Waals surface area contributed by atoms with E-state index >= 15 is 0 Å². The van der Waals surface area contributed by atoms with Gasteiger partial charge in [0.15, 0.2) is 0 Å². The van der Waals surface area contributed by atoms with Crippen LogP contribution in [0.4, 0.5) is 5.69 Å². The Balaban J connectivity index is 0.00000337. The molecule has 0 aromatic heterocycles. The van der Waals surface area contributed by atoms with Crippen LogP contribution in [0, 0.1) is 0 Å². The van der Waals surface area contributed by atoms with Gasteiger partial charge in [0.05, 0.1) is 23.5 Å². The summed E-state index contributed by atoms with van der Waals surface area (Å²) in [6.07, 6.45) is 5.24. The molecule has 1 aliphatic carbocycles. The lowest BCUT2D eigenvalue weighted by Crippen LogP contribution is -2.33. The second-order valence-electron chi connectivity index (χ2n) is 10.7. The number of sulfonamides is 1. The standard InChI is InChI=1S/C32H41N3O6S.2ClH/c33-27-14-11-25(12-15-27)30(37)22-34-18-17-23-7-9-24(10-8-23)26-13-16-29(32(38)35-42(39,40)20-4-19-36)31(21-26)41-28-5-2-1-3-6-28;;/h7-16,21,28,30,34,36-37H,1-6,17-20,22,33H2,(H,35,38);2*1H/t30-;;/m0../s1. The van der Waals surface area contributed by atoms with Crippen LogP contribution in [0.1, 0.15) is 66.1 Å². The van der Waals surface area contributed by atoms with E-state index < -0.39 is 22.0 Å². The molecule has 4 rings (SSSR count). The van der Waals surface area contributed by atoms with Crippen LogP contribution in [0.2, 0.25) is 0 Å². The highest BCUT2D eigenvalue weighted by atomic mass is 35.5. The minimum atomic E-state index is -3.88. The number of amides is 1. The van der Waals surface area contributed by atoms with E-state index in [1.54, 1.807) is 30.3 Å². The van der Waals surface area contributed by atoms with Crippen LogP contribution in [-0.4, -0.2) is 56.1 Å². The largest absolute Gasteiger partial charge is 0.490 e. The predicted molar refractivity (Wildman–Crippen MR) is 179 cm³/mol. The van der Waals surface area contributed by atoms with E-state index in [0.717, 1.165) is 60.8 Å². The number of anilines is 1. The van der Waals surface area contributed by atoms with E-state index in [0.29, 0.717) is 24.5 Å². The first-order valence-corrected chi connectivity index (χ1v) is 16.2. The molecule has 0 saturated heterocycles. The third-order valence-corrected chi connectivity index (χ3v) is 8.75. The van der Waals surface area contributed by atoms with Gasteiger partial charge in [-0.05, 0) is 91.6 Å². The molecule has 1 atom stereocenters. The predicted octanol–water partition coefficient (Wildman–Crippen LogP) is 4.80. The lowest BCUT2D eigenvalue weighted by atomic mass is 9.97. The molecule has 0 bridgehead atoms. The number of aliphatic hydroxyl groups is 2. The van der Waals surface area contributed by atoms with Crippen LogP contribution in [0.5, 0.6) is 5.75 Å². The van der Waals surface area contributed by atoms with Crippen molar-refractivity contribution in [2.75, 3.05) is 31.2 Å². The molecule has 12 heteroatoms. The van der Waals surface area contributed by atoms with Crippen molar-refractivity contribution in [1.82, 2.24) is 10.0 Å². The molecular weight excluding hydrogens is 625 g/mol. The minimum absolute atomic E-state index is 0. The molecule has 242 valence electrons. The van der Waals surface area contributed by atoms with E-state index in [1.807, 2.05) is 36.4 Å². The summed E-state index contributed by atoms with van der Waals surface area (Å²) in [7, 11) is -3.88. The third kappa shape index (κ3) is 11.3. The van der Waals surface area contributed by atoms with Crippen molar-refractivity contribution in [2.45, 2.75) is 57.2 Å². The molecule has 44 heavy (non-hydrogen) atoms. The van der Waals surface area contributed by atoms with E-state index in [4.69, 9.17) is 15.6 Å². The molecule has 0 radical (unpaired) electrons. The quantitative estimate of drug-likeness (QED) is 0.122. The van der Waals surface area contributed by atoms with Crippen LogP contribution in [0.25, 0.3) is 11.1 Å². The highest BCUT2D eigenvalue weighted by molar-refractivity contribution is 7.90. The van der Waals surface area contributed by atoms with Crippen LogP contribution in [-0.2, 0) is 16.4 Å². The minimum Gasteiger partial charge on any atom is -0.490 e. The van der Waals surface area contributed by atoms with Crippen LogP contribution in [0.15, 0.2) is 66.7 Å². The zero-order valence-corrected chi connectivity index (χ0v) is 27.1. The van der Waals surface area contributed by atoms with Crippen LogP contribution < -0.4 is 20.5 Å². The number of nitrogen functional groups attached to an aromatic ring is 1. The Morgan fingerprint density at radius 3 is 2.27 bits per heavy atom. The van der Waals surface area contributed by atoms with E-state index in [1.165, 1.54) is 0 Å². The smallest absolute Gasteiger partial charge is 0.268 e. The van der Waals surface area contributed by atoms with Gasteiger partial charge in [0.1, 0.15) is 5.75 Å². The summed E-state index contributed by atoms with van der Waals surface area (Å²) in [6.45, 7) is 0.868. The van der Waals surface area contributed by atoms with Crippen molar-refractivity contribution in [3.05, 3.63) is 83.4 Å². The number of rotatable bonds is 14. The zero-order valence-electron chi connectivity index (χ0n) is 24.6. The van der Waals surface area contributed by atoms with E-state index in [9.17, 15) is 18.3 Å². The average Bonchev–Trinajstić information content (AvgIpc) is 2.99. The van der Waals surface area contributed by atoms with Crippen molar-refractivity contribution in [3.63, 3.8) is 0 Å². The van der Waals surface area contributed by atoms with Gasteiger partial charge in [0.25, 0.3) is 5.91 Å². The summed E-state index contributed by atoms with van der Waals surface area (Å²) in [5.74, 6) is -0.714. The van der Waals surface area contributed by atoms with Gasteiger partial charge in [-0.1, -0.05) is 48.9 Å². The summed E-state index contributed by atoms with van der Waals surface area (Å²) < 4.78 is 33.0. The Morgan fingerprint density at radius 2 is 1.61 bits per heavy atom. The Labute approximate surface area is 272 Å². The van der Waals surface area contributed by atoms with Crippen LogP contribution in [0.3, 0.4) is 0 Å². The molecule has 0 spiro atoms. The zero-order chi connectivity index (χ0) is 30.0. The van der Waals surface area contributed by atoms with Crippen molar-refractivity contribution >= 4 is 46.4 Å². The fourth-order valence-corrected chi connectivity index (χ4v) is 6.03. The Kier molecular flexibility index (Phi) is 15.4. The van der Waals surface area contributed by atoms with Crippen molar-refractivity contribution < 1.29 is 28.2 Å². The van der Waals surface area contributed by atoms with Gasteiger partial charge in [-0.25, -0.2) is 13.1 Å². The molecule has 6 N–H and O–H groups in total. The molecule has 1 amide bonds. The number of nitrogens with one attached hydrogen (secondary N) is 2. The number of ether oxygens (including phenoxy) is 1. The molecule has 1 fully saturated rings. The third-order valence-electron chi connectivity index (χ3n) is 7.43. The molecule has 9 nitrogen and oxygen atoms in total. The first kappa shape index (κ1) is 37.3. The maximum Gasteiger partial charge on any atom is 0.268 e. The monoisotopic (exact) mass is 667 g/mol. The SMILES string of the molecule is Cl.Cl.Nc1ccc([C@@H](O)CNCCc2ccc(-c3ccc(C(=O)NS(=O)(=O)CCCO)c(OC4CCCCC4)c3)cc2)cc1. The second-order valence-corrected chi connectivity index (χ2v) is 12.6. The van der Waals surface area contributed by atoms with Crippen molar-refractivity contribution in [3.8, 4) is 16.9 Å². The topological polar surface area (TPSA) is 151 Å². The normalized spacial score (nSPS) is 14.1. The van der Waals surface area contributed by atoms with Gasteiger partial charge < -0.3 is 26.0 Å². The summed E-state index contributed by atoms with van der Waals surface area (Å²) in [5.41, 5.74) is 10.3. The molecule has 1 aliphatic rings. The number of carbonyl (C=O) groups excluding carboxylic acids is 1. The number of carbonyl (C=O) groups is 1. The van der Waals surface area contributed by atoms with Gasteiger partial charge in [-0.2, -0.15) is 0 Å². The first-order valence-electron chi connectivity index (χ1n) is 14.5. The molecule has 1 saturated carbocycles. The van der Waals surface area contributed by atoms with Gasteiger partial charge >= 0.3 is 0 Å². The van der Waals surface area contributed by atoms with E-state index in [2.05, 4.69) is 10.0 Å². The highest BCUT2D eigenvalue weighted by Crippen LogP contribution is 2.31. The average molecular weight is 669 g/mol. The van der Waals surface area contributed by atoms with Gasteiger partial charge in [0.2, 0.25) is 10.0 Å². The number of hydrogen-bond donors (Lipinski definition) is 5. The maximum atomic E-state index is 13.0. The summed E-state index contributed by atoms with van der Waals surface area (Å²) in [5, 5.41) is 22.6. The highest BCUT2D eigenvalue weighted by Gasteiger charge is 2.23. The fourth-order valence-electron chi connectivity index (χ4n) is 5.02. The Bertz CT molecular complexity index is 1420. The number of halogens is 2. The lowest BCUT2D eigenvalue weighted by Gasteiger charge is -2.24. The fraction of sp³-hybridized carbons (Fsp3) is 0.406. The van der Waals surface area contributed by atoms with Gasteiger partial charge in [-0.15, -0.1) is 24.8 Å². The number of benzene rings is 3. The summed E-state index contributed by atoms with van der Waals surface area (Å²) in [4.78, 5) is 13.0. The molecular formula is C32H43Cl2N3O6S. The summed E-state index contributed by atoms with van der Waals surface area (Å²) in [6, 6.07) is 20.5. The van der Waals surface area contributed by atoms with Crippen molar-refractivity contribution in [1.29, 1.82) is 0 Å². The van der Waals surface area contributed by atoms with E-state index in [-0.39, 0.29) is 55.3 Å². The van der Waals surface area contributed by atoms with Gasteiger partial charge in [-0.3, -0.25) is 4.79 Å². The van der Waals surface area contributed by atoms with Crippen molar-refractivity contribution in [2.24, 2.45) is 0 Å². The lowest BCUT2D eigenvalue weighted by molar-refractivity contribution is 0.0969. The van der Waals surface area contributed by atoms with Crippen LogP contribution >= 0.6 is 24.8 Å². The Hall–Kier alpha value is -2.86. The van der Waals surface area contributed by atoms with Gasteiger partial charge in [0, 0.05) is 18.8 Å². The Morgan fingerprint density at radius 1 is 0.955 bits per heavy atom.